The van der Waals surface area contributed by atoms with Gasteiger partial charge in [0.05, 0.1) is 22.0 Å². The van der Waals surface area contributed by atoms with Crippen LogP contribution in [0, 0.1) is 5.82 Å². The van der Waals surface area contributed by atoms with Gasteiger partial charge < -0.3 is 5.32 Å². The van der Waals surface area contributed by atoms with E-state index in [-0.39, 0.29) is 16.5 Å². The first-order chi connectivity index (χ1) is 15.1. The summed E-state index contributed by atoms with van der Waals surface area (Å²) in [7, 11) is 0. The van der Waals surface area contributed by atoms with Gasteiger partial charge in [0.15, 0.2) is 5.13 Å². The van der Waals surface area contributed by atoms with Crippen LogP contribution in [-0.4, -0.2) is 16.8 Å². The van der Waals surface area contributed by atoms with Crippen LogP contribution in [0.15, 0.2) is 53.9 Å². The molecule has 0 spiro atoms. The number of thiazole rings is 1. The molecule has 1 aromatic heterocycles. The molecule has 0 aliphatic heterocycles. The zero-order valence-electron chi connectivity index (χ0n) is 16.3. The summed E-state index contributed by atoms with van der Waals surface area (Å²) in [4.78, 5) is 29.5. The van der Waals surface area contributed by atoms with Gasteiger partial charge in [0.2, 0.25) is 11.8 Å². The standard InChI is InChI=1S/C21H14ClF4N3O2S/c1-12(30)29(18-5-3-2-4-17(18)23)20-28-14(11-32-20)7-9-19(31)27-13-6-8-16(22)15(10-13)21(24,25)26/h2-11H,1H3,(H,27,31)/b9-7+. The molecule has 1 N–H and O–H groups in total. The minimum atomic E-state index is -4.66. The SMILES string of the molecule is CC(=O)N(c1nc(/C=C/C(=O)Nc2ccc(Cl)c(C(F)(F)F)c2)cs1)c1ccccc1F. The lowest BCUT2D eigenvalue weighted by molar-refractivity contribution is -0.137. The molecular formula is C21H14ClF4N3O2S. The van der Waals surface area contributed by atoms with Gasteiger partial charge in [-0.15, -0.1) is 11.3 Å². The van der Waals surface area contributed by atoms with E-state index in [2.05, 4.69) is 10.3 Å². The van der Waals surface area contributed by atoms with E-state index in [1.54, 1.807) is 11.4 Å². The van der Waals surface area contributed by atoms with E-state index in [0.717, 1.165) is 34.4 Å². The van der Waals surface area contributed by atoms with E-state index in [9.17, 15) is 27.2 Å². The molecular weight excluding hydrogens is 470 g/mol. The normalized spacial score (nSPS) is 11.6. The number of carbonyl (C=O) groups is 2. The molecule has 0 atom stereocenters. The first kappa shape index (κ1) is 23.4. The summed E-state index contributed by atoms with van der Waals surface area (Å²) in [6.07, 6.45) is -2.27. The van der Waals surface area contributed by atoms with Crippen LogP contribution < -0.4 is 10.2 Å². The van der Waals surface area contributed by atoms with E-state index >= 15 is 0 Å². The lowest BCUT2D eigenvalue weighted by Gasteiger charge is -2.18. The summed E-state index contributed by atoms with van der Waals surface area (Å²) >= 11 is 6.61. The number of benzene rings is 2. The molecule has 2 aromatic carbocycles. The zero-order chi connectivity index (χ0) is 23.5. The maximum atomic E-state index is 14.1. The fourth-order valence-corrected chi connectivity index (χ4v) is 3.73. The van der Waals surface area contributed by atoms with Crippen molar-refractivity contribution in [3.8, 4) is 0 Å². The van der Waals surface area contributed by atoms with Crippen LogP contribution >= 0.6 is 22.9 Å². The molecule has 3 rings (SSSR count). The Hall–Kier alpha value is -3.24. The van der Waals surface area contributed by atoms with Gasteiger partial charge in [0.1, 0.15) is 5.82 Å². The second-order valence-corrected chi connectivity index (χ2v) is 7.62. The van der Waals surface area contributed by atoms with Gasteiger partial charge in [0.25, 0.3) is 0 Å². The third kappa shape index (κ3) is 5.51. The van der Waals surface area contributed by atoms with Crippen molar-refractivity contribution in [1.29, 1.82) is 0 Å². The van der Waals surface area contributed by atoms with Crippen molar-refractivity contribution < 1.29 is 27.2 Å². The van der Waals surface area contributed by atoms with E-state index in [4.69, 9.17) is 11.6 Å². The van der Waals surface area contributed by atoms with E-state index in [1.165, 1.54) is 37.3 Å². The van der Waals surface area contributed by atoms with Crippen molar-refractivity contribution in [2.24, 2.45) is 0 Å². The molecule has 0 unspecified atom stereocenters. The van der Waals surface area contributed by atoms with Gasteiger partial charge in [-0.1, -0.05) is 23.7 Å². The highest BCUT2D eigenvalue weighted by atomic mass is 35.5. The molecule has 3 aromatic rings. The molecule has 0 bridgehead atoms. The Balaban J connectivity index is 1.75. The van der Waals surface area contributed by atoms with Crippen LogP contribution in [0.1, 0.15) is 18.2 Å². The quantitative estimate of drug-likeness (QED) is 0.342. The summed E-state index contributed by atoms with van der Waals surface area (Å²) in [6.45, 7) is 1.26. The highest BCUT2D eigenvalue weighted by molar-refractivity contribution is 7.14. The van der Waals surface area contributed by atoms with Crippen molar-refractivity contribution in [2.45, 2.75) is 13.1 Å². The van der Waals surface area contributed by atoms with Gasteiger partial charge in [-0.25, -0.2) is 9.37 Å². The predicted molar refractivity (Wildman–Crippen MR) is 115 cm³/mol. The van der Waals surface area contributed by atoms with Gasteiger partial charge in [-0.2, -0.15) is 13.2 Å². The van der Waals surface area contributed by atoms with Crippen molar-refractivity contribution >= 4 is 57.3 Å². The summed E-state index contributed by atoms with van der Waals surface area (Å²) in [5.74, 6) is -1.76. The maximum Gasteiger partial charge on any atom is 0.417 e. The number of nitrogens with zero attached hydrogens (tertiary/aromatic N) is 2. The molecule has 1 heterocycles. The molecule has 32 heavy (non-hydrogen) atoms. The molecule has 0 saturated heterocycles. The third-order valence-corrected chi connectivity index (χ3v) is 5.23. The molecule has 5 nitrogen and oxygen atoms in total. The molecule has 166 valence electrons. The number of hydrogen-bond acceptors (Lipinski definition) is 4. The van der Waals surface area contributed by atoms with Gasteiger partial charge >= 0.3 is 6.18 Å². The van der Waals surface area contributed by atoms with Gasteiger partial charge in [-0.3, -0.25) is 14.5 Å². The van der Waals surface area contributed by atoms with Crippen LogP contribution in [0.5, 0.6) is 0 Å². The average Bonchev–Trinajstić information content (AvgIpc) is 3.17. The van der Waals surface area contributed by atoms with Crippen molar-refractivity contribution in [3.63, 3.8) is 0 Å². The number of halogens is 5. The Morgan fingerprint density at radius 1 is 1.19 bits per heavy atom. The first-order valence-electron chi connectivity index (χ1n) is 8.93. The van der Waals surface area contributed by atoms with Crippen LogP contribution in [-0.2, 0) is 15.8 Å². The predicted octanol–water partition coefficient (Wildman–Crippen LogP) is 6.29. The Morgan fingerprint density at radius 3 is 2.56 bits per heavy atom. The van der Waals surface area contributed by atoms with Crippen molar-refractivity contribution in [3.05, 3.63) is 76.0 Å². The number of aromatic nitrogens is 1. The molecule has 0 aliphatic rings. The number of rotatable bonds is 5. The van der Waals surface area contributed by atoms with Crippen molar-refractivity contribution in [2.75, 3.05) is 10.2 Å². The lowest BCUT2D eigenvalue weighted by atomic mass is 10.2. The molecule has 0 fully saturated rings. The number of carbonyl (C=O) groups excluding carboxylic acids is 2. The maximum absolute atomic E-state index is 14.1. The smallest absolute Gasteiger partial charge is 0.322 e. The monoisotopic (exact) mass is 483 g/mol. The minimum Gasteiger partial charge on any atom is -0.322 e. The second kappa shape index (κ2) is 9.49. The van der Waals surface area contributed by atoms with Crippen molar-refractivity contribution in [1.82, 2.24) is 4.98 Å². The number of amides is 2. The Bertz CT molecular complexity index is 1190. The summed E-state index contributed by atoms with van der Waals surface area (Å²) in [6, 6.07) is 8.72. The topological polar surface area (TPSA) is 62.3 Å². The highest BCUT2D eigenvalue weighted by Crippen LogP contribution is 2.36. The Labute approximate surface area is 189 Å². The summed E-state index contributed by atoms with van der Waals surface area (Å²) in [5.41, 5.74) is -0.819. The molecule has 11 heteroatoms. The molecule has 0 radical (unpaired) electrons. The number of alkyl halides is 3. The van der Waals surface area contributed by atoms with E-state index < -0.39 is 34.4 Å². The van der Waals surface area contributed by atoms with Crippen LogP contribution in [0.3, 0.4) is 0 Å². The number of nitrogens with one attached hydrogen (secondary N) is 1. The number of hydrogen-bond donors (Lipinski definition) is 1. The second-order valence-electron chi connectivity index (χ2n) is 6.38. The Morgan fingerprint density at radius 2 is 1.91 bits per heavy atom. The van der Waals surface area contributed by atoms with E-state index in [1.807, 2.05) is 0 Å². The first-order valence-corrected chi connectivity index (χ1v) is 10.2. The highest BCUT2D eigenvalue weighted by Gasteiger charge is 2.33. The third-order valence-electron chi connectivity index (χ3n) is 4.05. The van der Waals surface area contributed by atoms with Crippen LogP contribution in [0.25, 0.3) is 6.08 Å². The van der Waals surface area contributed by atoms with Crippen LogP contribution in [0.4, 0.5) is 34.1 Å². The lowest BCUT2D eigenvalue weighted by Crippen LogP contribution is -2.23. The number of para-hydroxylation sites is 1. The number of anilines is 3. The van der Waals surface area contributed by atoms with Gasteiger partial charge in [0, 0.05) is 24.1 Å². The summed E-state index contributed by atoms with van der Waals surface area (Å²) in [5, 5.41) is 3.56. The van der Waals surface area contributed by atoms with Crippen LogP contribution in [0.2, 0.25) is 5.02 Å². The summed E-state index contributed by atoms with van der Waals surface area (Å²) < 4.78 is 52.9. The van der Waals surface area contributed by atoms with Gasteiger partial charge in [-0.05, 0) is 36.4 Å². The molecule has 2 amide bonds. The Kier molecular flexibility index (Phi) is 6.95. The fraction of sp³-hybridized carbons (Fsp3) is 0.0952. The fourth-order valence-electron chi connectivity index (χ4n) is 2.66. The zero-order valence-corrected chi connectivity index (χ0v) is 17.9. The largest absolute Gasteiger partial charge is 0.417 e. The minimum absolute atomic E-state index is 0.0332. The average molecular weight is 484 g/mol. The molecule has 0 saturated carbocycles. The molecule has 0 aliphatic carbocycles. The van der Waals surface area contributed by atoms with E-state index in [0.29, 0.717) is 5.69 Å².